The number of halogens is 1. The van der Waals surface area contributed by atoms with E-state index in [1.165, 1.54) is 0 Å². The second-order valence-corrected chi connectivity index (χ2v) is 5.34. The van der Waals surface area contributed by atoms with Gasteiger partial charge in [-0.3, -0.25) is 4.79 Å². The Hall–Kier alpha value is -0.900. The summed E-state index contributed by atoms with van der Waals surface area (Å²) in [5.41, 5.74) is 0.659. The van der Waals surface area contributed by atoms with Crippen LogP contribution in [0.2, 0.25) is 0 Å². The number of hydrogen-bond donors (Lipinski definition) is 1. The summed E-state index contributed by atoms with van der Waals surface area (Å²) in [5, 5.41) is 2.87. The van der Waals surface area contributed by atoms with Crippen LogP contribution in [-0.2, 0) is 0 Å². The number of aromatic nitrogens is 1. The zero-order valence-corrected chi connectivity index (χ0v) is 10.8. The molecule has 1 heterocycles. The highest BCUT2D eigenvalue weighted by atomic mass is 79.9. The van der Waals surface area contributed by atoms with E-state index in [-0.39, 0.29) is 11.3 Å². The van der Waals surface area contributed by atoms with E-state index in [1.54, 1.807) is 18.3 Å². The SMILES string of the molecule is CC(C)(C)CNC(=O)c1cccnc1Br. The number of hydrogen-bond acceptors (Lipinski definition) is 2. The van der Waals surface area contributed by atoms with Crippen LogP contribution in [0.4, 0.5) is 0 Å². The maximum Gasteiger partial charge on any atom is 0.254 e. The number of carbonyl (C=O) groups excluding carboxylic acids is 1. The minimum atomic E-state index is -0.0927. The first-order valence-corrected chi connectivity index (χ1v) is 5.58. The molecule has 0 aromatic carbocycles. The van der Waals surface area contributed by atoms with E-state index in [9.17, 15) is 4.79 Å². The predicted octanol–water partition coefficient (Wildman–Crippen LogP) is 2.62. The standard InChI is InChI=1S/C11H15BrN2O/c1-11(2,3)7-14-10(15)8-5-4-6-13-9(8)12/h4-6H,7H2,1-3H3,(H,14,15). The van der Waals surface area contributed by atoms with Crippen LogP contribution in [-0.4, -0.2) is 17.4 Å². The topological polar surface area (TPSA) is 42.0 Å². The van der Waals surface area contributed by atoms with Gasteiger partial charge in [0.2, 0.25) is 0 Å². The van der Waals surface area contributed by atoms with Crippen LogP contribution in [0.15, 0.2) is 22.9 Å². The van der Waals surface area contributed by atoms with E-state index in [0.29, 0.717) is 16.7 Å². The average Bonchev–Trinajstić information content (AvgIpc) is 2.14. The summed E-state index contributed by atoms with van der Waals surface area (Å²) in [4.78, 5) is 15.7. The van der Waals surface area contributed by atoms with Gasteiger partial charge in [-0.25, -0.2) is 4.98 Å². The molecule has 0 aliphatic carbocycles. The molecule has 1 aromatic heterocycles. The third-order valence-electron chi connectivity index (χ3n) is 1.78. The van der Waals surface area contributed by atoms with Gasteiger partial charge in [-0.1, -0.05) is 20.8 Å². The van der Waals surface area contributed by atoms with E-state index < -0.39 is 0 Å². The largest absolute Gasteiger partial charge is 0.351 e. The smallest absolute Gasteiger partial charge is 0.254 e. The van der Waals surface area contributed by atoms with E-state index in [4.69, 9.17) is 0 Å². The number of rotatable bonds is 2. The van der Waals surface area contributed by atoms with Gasteiger partial charge in [0, 0.05) is 12.7 Å². The maximum atomic E-state index is 11.7. The molecule has 0 spiro atoms. The molecule has 1 amide bonds. The molecular formula is C11H15BrN2O. The summed E-state index contributed by atoms with van der Waals surface area (Å²) in [6, 6.07) is 3.49. The van der Waals surface area contributed by atoms with Crippen LogP contribution in [0.3, 0.4) is 0 Å². The molecule has 1 aromatic rings. The molecule has 1 rings (SSSR count). The maximum absolute atomic E-state index is 11.7. The van der Waals surface area contributed by atoms with Gasteiger partial charge in [-0.05, 0) is 33.5 Å². The van der Waals surface area contributed by atoms with Crippen molar-refractivity contribution in [3.8, 4) is 0 Å². The fraction of sp³-hybridized carbons (Fsp3) is 0.455. The molecule has 3 nitrogen and oxygen atoms in total. The van der Waals surface area contributed by atoms with Crippen molar-refractivity contribution in [2.24, 2.45) is 5.41 Å². The molecule has 4 heteroatoms. The Morgan fingerprint density at radius 2 is 2.20 bits per heavy atom. The second-order valence-electron chi connectivity index (χ2n) is 4.59. The summed E-state index contributed by atoms with van der Waals surface area (Å²) in [5.74, 6) is -0.0927. The molecule has 82 valence electrons. The molecule has 1 N–H and O–H groups in total. The minimum absolute atomic E-state index is 0.0876. The zero-order chi connectivity index (χ0) is 11.5. The number of carbonyl (C=O) groups is 1. The van der Waals surface area contributed by atoms with Crippen LogP contribution in [0.25, 0.3) is 0 Å². The predicted molar refractivity (Wildman–Crippen MR) is 63.7 cm³/mol. The summed E-state index contributed by atoms with van der Waals surface area (Å²) in [6.07, 6.45) is 1.64. The Labute approximate surface area is 98.4 Å². The lowest BCUT2D eigenvalue weighted by Gasteiger charge is -2.18. The molecule has 15 heavy (non-hydrogen) atoms. The summed E-state index contributed by atoms with van der Waals surface area (Å²) in [6.45, 7) is 6.87. The van der Waals surface area contributed by atoms with Gasteiger partial charge >= 0.3 is 0 Å². The Morgan fingerprint density at radius 3 is 2.73 bits per heavy atom. The molecule has 0 radical (unpaired) electrons. The van der Waals surface area contributed by atoms with Crippen LogP contribution in [0.1, 0.15) is 31.1 Å². The van der Waals surface area contributed by atoms with Crippen molar-refractivity contribution in [1.29, 1.82) is 0 Å². The Kier molecular flexibility index (Phi) is 3.85. The van der Waals surface area contributed by atoms with Gasteiger partial charge in [0.1, 0.15) is 4.60 Å². The summed E-state index contributed by atoms with van der Waals surface area (Å²) in [7, 11) is 0. The molecule has 0 fully saturated rings. The summed E-state index contributed by atoms with van der Waals surface area (Å²) >= 11 is 3.25. The van der Waals surface area contributed by atoms with Crippen molar-refractivity contribution < 1.29 is 4.79 Å². The fourth-order valence-corrected chi connectivity index (χ4v) is 1.43. The number of nitrogens with one attached hydrogen (secondary N) is 1. The van der Waals surface area contributed by atoms with Gasteiger partial charge in [0.25, 0.3) is 5.91 Å². The minimum Gasteiger partial charge on any atom is -0.351 e. The quantitative estimate of drug-likeness (QED) is 0.840. The first kappa shape index (κ1) is 12.2. The molecule has 0 atom stereocenters. The average molecular weight is 271 g/mol. The fourth-order valence-electron chi connectivity index (χ4n) is 0.996. The number of nitrogens with zero attached hydrogens (tertiary/aromatic N) is 1. The van der Waals surface area contributed by atoms with Crippen molar-refractivity contribution in [2.75, 3.05) is 6.54 Å². The Bertz CT molecular complexity index is 358. The van der Waals surface area contributed by atoms with E-state index in [0.717, 1.165) is 0 Å². The first-order chi connectivity index (χ1) is 6.90. The highest BCUT2D eigenvalue weighted by Gasteiger charge is 2.14. The number of pyridine rings is 1. The van der Waals surface area contributed by atoms with Gasteiger partial charge in [-0.2, -0.15) is 0 Å². The van der Waals surface area contributed by atoms with Crippen LogP contribution >= 0.6 is 15.9 Å². The summed E-state index contributed by atoms with van der Waals surface area (Å²) < 4.78 is 0.580. The first-order valence-electron chi connectivity index (χ1n) is 4.79. The van der Waals surface area contributed by atoms with Gasteiger partial charge in [-0.15, -0.1) is 0 Å². The van der Waals surface area contributed by atoms with E-state index >= 15 is 0 Å². The number of amides is 1. The zero-order valence-electron chi connectivity index (χ0n) is 9.17. The van der Waals surface area contributed by atoms with Crippen molar-refractivity contribution in [3.05, 3.63) is 28.5 Å². The van der Waals surface area contributed by atoms with Crippen molar-refractivity contribution >= 4 is 21.8 Å². The van der Waals surface area contributed by atoms with Crippen molar-refractivity contribution in [3.63, 3.8) is 0 Å². The van der Waals surface area contributed by atoms with Gasteiger partial charge in [0.05, 0.1) is 5.56 Å². The third kappa shape index (κ3) is 4.00. The van der Waals surface area contributed by atoms with Gasteiger partial charge < -0.3 is 5.32 Å². The highest BCUT2D eigenvalue weighted by Crippen LogP contribution is 2.14. The third-order valence-corrected chi connectivity index (χ3v) is 2.41. The Balaban J connectivity index is 2.66. The van der Waals surface area contributed by atoms with Crippen LogP contribution in [0.5, 0.6) is 0 Å². The molecule has 0 bridgehead atoms. The lowest BCUT2D eigenvalue weighted by molar-refractivity contribution is 0.0938. The molecule has 0 saturated heterocycles. The molecule has 0 unspecified atom stereocenters. The van der Waals surface area contributed by atoms with E-state index in [1.807, 2.05) is 0 Å². The molecular weight excluding hydrogens is 256 g/mol. The monoisotopic (exact) mass is 270 g/mol. The Morgan fingerprint density at radius 1 is 1.53 bits per heavy atom. The highest BCUT2D eigenvalue weighted by molar-refractivity contribution is 9.10. The van der Waals surface area contributed by atoms with Crippen LogP contribution < -0.4 is 5.32 Å². The lowest BCUT2D eigenvalue weighted by Crippen LogP contribution is -2.32. The normalized spacial score (nSPS) is 11.2. The van der Waals surface area contributed by atoms with Crippen molar-refractivity contribution in [2.45, 2.75) is 20.8 Å². The van der Waals surface area contributed by atoms with Crippen molar-refractivity contribution in [1.82, 2.24) is 10.3 Å². The molecule has 0 saturated carbocycles. The van der Waals surface area contributed by atoms with Crippen LogP contribution in [0, 0.1) is 5.41 Å². The second kappa shape index (κ2) is 4.75. The lowest BCUT2D eigenvalue weighted by atomic mass is 9.97. The molecule has 0 aliphatic heterocycles. The van der Waals surface area contributed by atoms with E-state index in [2.05, 4.69) is 47.0 Å². The molecule has 0 aliphatic rings. The van der Waals surface area contributed by atoms with Gasteiger partial charge in [0.15, 0.2) is 0 Å².